The third-order valence-electron chi connectivity index (χ3n) is 6.65. The van der Waals surface area contributed by atoms with Crippen LogP contribution in [0.5, 0.6) is 0 Å². The molecule has 0 amide bonds. The first kappa shape index (κ1) is 26.2. The van der Waals surface area contributed by atoms with Crippen LogP contribution in [0.1, 0.15) is 142 Å². The number of carbonyl (C=O) groups excluding carboxylic acids is 1. The topological polar surface area (TPSA) is 26.3 Å². The molecule has 1 aliphatic carbocycles. The van der Waals surface area contributed by atoms with Gasteiger partial charge in [0.1, 0.15) is 6.10 Å². The highest BCUT2D eigenvalue weighted by atomic mass is 16.5. The average Bonchev–Trinajstić information content (AvgIpc) is 2.73. The van der Waals surface area contributed by atoms with E-state index in [1.807, 2.05) is 0 Å². The van der Waals surface area contributed by atoms with Crippen molar-refractivity contribution in [3.63, 3.8) is 0 Å². The minimum absolute atomic E-state index is 0.139. The Morgan fingerprint density at radius 1 is 0.793 bits per heavy atom. The average molecular weight is 407 g/mol. The predicted octanol–water partition coefficient (Wildman–Crippen LogP) is 8.93. The van der Waals surface area contributed by atoms with Crippen molar-refractivity contribution in [1.29, 1.82) is 0 Å². The Bertz CT molecular complexity index is 390. The van der Waals surface area contributed by atoms with Gasteiger partial charge in [-0.3, -0.25) is 0 Å². The number of hydrogen-bond donors (Lipinski definition) is 0. The van der Waals surface area contributed by atoms with E-state index in [9.17, 15) is 4.79 Å². The van der Waals surface area contributed by atoms with Crippen LogP contribution in [0.2, 0.25) is 0 Å². The van der Waals surface area contributed by atoms with Crippen LogP contribution in [0.4, 0.5) is 0 Å². The van der Waals surface area contributed by atoms with Crippen LogP contribution in [-0.2, 0) is 9.53 Å². The summed E-state index contributed by atoms with van der Waals surface area (Å²) < 4.78 is 5.45. The summed E-state index contributed by atoms with van der Waals surface area (Å²) >= 11 is 0. The fourth-order valence-electron chi connectivity index (χ4n) is 4.80. The molecule has 0 spiro atoms. The number of esters is 1. The van der Waals surface area contributed by atoms with E-state index in [4.69, 9.17) is 4.74 Å². The normalized spacial score (nSPS) is 19.2. The third-order valence-corrected chi connectivity index (χ3v) is 6.65. The summed E-state index contributed by atoms with van der Waals surface area (Å²) in [7, 11) is 0. The summed E-state index contributed by atoms with van der Waals surface area (Å²) in [5.74, 6) is 0.510. The lowest BCUT2D eigenvalue weighted by molar-refractivity contribution is -0.145. The number of unbranched alkanes of at least 4 members (excludes halogenated alkanes) is 15. The fraction of sp³-hybridized carbons (Fsp3) is 0.889. The van der Waals surface area contributed by atoms with Gasteiger partial charge >= 0.3 is 5.97 Å². The SMILES string of the molecule is C=CC(=O)OC1CCCC(CCCCCCCCCCCCCCCCCC)C1. The molecule has 0 aromatic carbocycles. The van der Waals surface area contributed by atoms with Gasteiger partial charge in [-0.05, 0) is 25.2 Å². The van der Waals surface area contributed by atoms with Crippen LogP contribution >= 0.6 is 0 Å². The summed E-state index contributed by atoms with van der Waals surface area (Å²) in [6.45, 7) is 5.79. The first-order valence-corrected chi connectivity index (χ1v) is 13.1. The van der Waals surface area contributed by atoms with E-state index >= 15 is 0 Å². The van der Waals surface area contributed by atoms with E-state index in [-0.39, 0.29) is 12.1 Å². The van der Waals surface area contributed by atoms with Gasteiger partial charge in [0.15, 0.2) is 0 Å². The molecule has 29 heavy (non-hydrogen) atoms. The van der Waals surface area contributed by atoms with Gasteiger partial charge in [0.2, 0.25) is 0 Å². The second kappa shape index (κ2) is 19.2. The summed E-state index contributed by atoms with van der Waals surface area (Å²) in [4.78, 5) is 11.4. The molecule has 0 N–H and O–H groups in total. The van der Waals surface area contributed by atoms with Crippen molar-refractivity contribution in [3.8, 4) is 0 Å². The lowest BCUT2D eigenvalue weighted by Crippen LogP contribution is -2.24. The van der Waals surface area contributed by atoms with E-state index in [0.29, 0.717) is 0 Å². The molecule has 2 unspecified atom stereocenters. The molecule has 0 aromatic heterocycles. The van der Waals surface area contributed by atoms with Crippen molar-refractivity contribution in [2.24, 2.45) is 5.92 Å². The molecule has 0 bridgehead atoms. The summed E-state index contributed by atoms with van der Waals surface area (Å²) in [5.41, 5.74) is 0. The number of ether oxygens (including phenoxy) is 1. The standard InChI is InChI=1S/C27H50O2/c1-3-5-6-7-8-9-10-11-12-13-14-15-16-17-18-19-21-25-22-20-23-26(24-25)29-27(28)4-2/h4,25-26H,2-3,5-24H2,1H3. The maximum atomic E-state index is 11.4. The highest BCUT2D eigenvalue weighted by molar-refractivity contribution is 5.81. The Balaban J connectivity index is 1.81. The van der Waals surface area contributed by atoms with Crippen molar-refractivity contribution < 1.29 is 9.53 Å². The molecule has 170 valence electrons. The van der Waals surface area contributed by atoms with E-state index in [1.54, 1.807) is 0 Å². The Hall–Kier alpha value is -0.790. The first-order valence-electron chi connectivity index (χ1n) is 13.1. The van der Waals surface area contributed by atoms with Gasteiger partial charge in [0.25, 0.3) is 0 Å². The highest BCUT2D eigenvalue weighted by Gasteiger charge is 2.23. The summed E-state index contributed by atoms with van der Waals surface area (Å²) in [6.07, 6.45) is 30.2. The summed E-state index contributed by atoms with van der Waals surface area (Å²) in [6, 6.07) is 0. The number of carbonyl (C=O) groups is 1. The molecular weight excluding hydrogens is 356 g/mol. The first-order chi connectivity index (χ1) is 14.3. The second-order valence-electron chi connectivity index (χ2n) is 9.39. The zero-order chi connectivity index (χ0) is 21.0. The van der Waals surface area contributed by atoms with Crippen molar-refractivity contribution in [3.05, 3.63) is 12.7 Å². The van der Waals surface area contributed by atoms with Gasteiger partial charge < -0.3 is 4.74 Å². The molecule has 2 heteroatoms. The zero-order valence-electron chi connectivity index (χ0n) is 19.6. The van der Waals surface area contributed by atoms with Gasteiger partial charge in [-0.1, -0.05) is 129 Å². The van der Waals surface area contributed by atoms with Crippen molar-refractivity contribution >= 4 is 5.97 Å². The maximum Gasteiger partial charge on any atom is 0.330 e. The molecule has 0 aromatic rings. The van der Waals surface area contributed by atoms with E-state index in [2.05, 4.69) is 13.5 Å². The molecule has 1 saturated carbocycles. The van der Waals surface area contributed by atoms with Crippen molar-refractivity contribution in [2.45, 2.75) is 148 Å². The van der Waals surface area contributed by atoms with Crippen molar-refractivity contribution in [2.75, 3.05) is 0 Å². The van der Waals surface area contributed by atoms with Gasteiger partial charge in [0.05, 0.1) is 0 Å². The monoisotopic (exact) mass is 406 g/mol. The Labute approximate surface area is 182 Å². The molecule has 2 atom stereocenters. The molecule has 1 fully saturated rings. The van der Waals surface area contributed by atoms with Crippen LogP contribution in [0, 0.1) is 5.92 Å². The molecule has 0 heterocycles. The molecule has 1 aliphatic rings. The number of hydrogen-bond acceptors (Lipinski definition) is 2. The Morgan fingerprint density at radius 2 is 1.28 bits per heavy atom. The maximum absolute atomic E-state index is 11.4. The van der Waals surface area contributed by atoms with Crippen LogP contribution in [0.15, 0.2) is 12.7 Å². The second-order valence-corrected chi connectivity index (χ2v) is 9.39. The van der Waals surface area contributed by atoms with Gasteiger partial charge in [0, 0.05) is 6.08 Å². The van der Waals surface area contributed by atoms with Crippen LogP contribution in [-0.4, -0.2) is 12.1 Å². The highest BCUT2D eigenvalue weighted by Crippen LogP contribution is 2.30. The molecule has 0 aliphatic heterocycles. The largest absolute Gasteiger partial charge is 0.459 e. The quantitative estimate of drug-likeness (QED) is 0.121. The van der Waals surface area contributed by atoms with Gasteiger partial charge in [-0.15, -0.1) is 0 Å². The third kappa shape index (κ3) is 15.7. The molecule has 2 nitrogen and oxygen atoms in total. The zero-order valence-corrected chi connectivity index (χ0v) is 19.6. The Kier molecular flexibility index (Phi) is 17.4. The van der Waals surface area contributed by atoms with Crippen LogP contribution < -0.4 is 0 Å². The van der Waals surface area contributed by atoms with Crippen LogP contribution in [0.3, 0.4) is 0 Å². The van der Waals surface area contributed by atoms with Crippen molar-refractivity contribution in [1.82, 2.24) is 0 Å². The smallest absolute Gasteiger partial charge is 0.330 e. The minimum Gasteiger partial charge on any atom is -0.459 e. The van der Waals surface area contributed by atoms with E-state index < -0.39 is 0 Å². The van der Waals surface area contributed by atoms with E-state index in [1.165, 1.54) is 128 Å². The lowest BCUT2D eigenvalue weighted by Gasteiger charge is -2.28. The molecule has 1 rings (SSSR count). The molecule has 0 radical (unpaired) electrons. The van der Waals surface area contributed by atoms with Gasteiger partial charge in [-0.2, -0.15) is 0 Å². The number of rotatable bonds is 19. The minimum atomic E-state index is -0.252. The summed E-state index contributed by atoms with van der Waals surface area (Å²) in [5, 5.41) is 0. The van der Waals surface area contributed by atoms with Crippen LogP contribution in [0.25, 0.3) is 0 Å². The van der Waals surface area contributed by atoms with Gasteiger partial charge in [-0.25, -0.2) is 4.79 Å². The molecule has 0 saturated heterocycles. The fourth-order valence-corrected chi connectivity index (χ4v) is 4.80. The molecular formula is C27H50O2. The van der Waals surface area contributed by atoms with E-state index in [0.717, 1.165) is 18.8 Å². The predicted molar refractivity (Wildman–Crippen MR) is 126 cm³/mol. The Morgan fingerprint density at radius 3 is 1.76 bits per heavy atom. The lowest BCUT2D eigenvalue weighted by atomic mass is 9.84.